The first-order valence-corrected chi connectivity index (χ1v) is 10.6. The van der Waals surface area contributed by atoms with Crippen LogP contribution >= 0.6 is 0 Å². The molecule has 0 aromatic heterocycles. The lowest BCUT2D eigenvalue weighted by Crippen LogP contribution is -2.27. The molecule has 1 atom stereocenters. The summed E-state index contributed by atoms with van der Waals surface area (Å²) in [4.78, 5) is 25.2. The van der Waals surface area contributed by atoms with Crippen molar-refractivity contribution in [3.63, 3.8) is 0 Å². The van der Waals surface area contributed by atoms with Gasteiger partial charge in [0.1, 0.15) is 34.6 Å². The Morgan fingerprint density at radius 3 is 2.62 bits per heavy atom. The molecule has 174 valence electrons. The highest BCUT2D eigenvalue weighted by Crippen LogP contribution is 2.45. The Morgan fingerprint density at radius 1 is 1.21 bits per heavy atom. The van der Waals surface area contributed by atoms with Crippen molar-refractivity contribution in [3.8, 4) is 17.6 Å². The number of benzene rings is 2. The van der Waals surface area contributed by atoms with Crippen LogP contribution in [0, 0.1) is 23.0 Å². The van der Waals surface area contributed by atoms with Gasteiger partial charge in [-0.05, 0) is 43.2 Å². The monoisotopic (exact) mass is 466 g/mol. The van der Waals surface area contributed by atoms with Gasteiger partial charge in [-0.25, -0.2) is 13.6 Å². The summed E-state index contributed by atoms with van der Waals surface area (Å²) in [6.07, 6.45) is 1.45. The minimum Gasteiger partial charge on any atom is -0.490 e. The Hall–Kier alpha value is -4.19. The molecule has 2 aromatic carbocycles. The van der Waals surface area contributed by atoms with Crippen molar-refractivity contribution in [1.82, 2.24) is 0 Å². The number of nitrogens with two attached hydrogens (primary N) is 1. The molecule has 0 bridgehead atoms. The van der Waals surface area contributed by atoms with Crippen LogP contribution in [0.1, 0.15) is 48.0 Å². The Morgan fingerprint density at radius 2 is 1.94 bits per heavy atom. The van der Waals surface area contributed by atoms with Gasteiger partial charge in [0.15, 0.2) is 17.3 Å². The van der Waals surface area contributed by atoms with Gasteiger partial charge < -0.3 is 19.9 Å². The van der Waals surface area contributed by atoms with Crippen LogP contribution < -0.4 is 15.2 Å². The minimum absolute atomic E-state index is 0.0784. The van der Waals surface area contributed by atoms with Crippen LogP contribution in [-0.4, -0.2) is 18.4 Å². The van der Waals surface area contributed by atoms with Crippen molar-refractivity contribution < 1.29 is 32.6 Å². The van der Waals surface area contributed by atoms with Gasteiger partial charge in [-0.1, -0.05) is 12.1 Å². The van der Waals surface area contributed by atoms with E-state index < -0.39 is 29.1 Å². The van der Waals surface area contributed by atoms with E-state index in [2.05, 4.69) is 0 Å². The van der Waals surface area contributed by atoms with Gasteiger partial charge in [-0.15, -0.1) is 0 Å². The van der Waals surface area contributed by atoms with Crippen molar-refractivity contribution in [1.29, 1.82) is 5.26 Å². The van der Waals surface area contributed by atoms with Crippen LogP contribution in [0.2, 0.25) is 0 Å². The number of carbonyl (C=O) groups excluding carboxylic acids is 2. The maximum absolute atomic E-state index is 14.0. The maximum atomic E-state index is 14.0. The third-order valence-electron chi connectivity index (χ3n) is 5.58. The number of nitrogens with zero attached hydrogens (tertiary/aromatic N) is 1. The second-order valence-electron chi connectivity index (χ2n) is 7.66. The Balaban J connectivity index is 1.76. The maximum Gasteiger partial charge on any atom is 0.349 e. The zero-order chi connectivity index (χ0) is 24.4. The molecule has 7 nitrogen and oxygen atoms in total. The smallest absolute Gasteiger partial charge is 0.349 e. The van der Waals surface area contributed by atoms with Gasteiger partial charge in [-0.3, -0.25) is 4.79 Å². The van der Waals surface area contributed by atoms with Gasteiger partial charge in [0.2, 0.25) is 5.88 Å². The normalized spacial score (nSPS) is 17.6. The van der Waals surface area contributed by atoms with Crippen LogP contribution in [0.3, 0.4) is 0 Å². The van der Waals surface area contributed by atoms with Gasteiger partial charge in [0.25, 0.3) is 0 Å². The number of esters is 1. The van der Waals surface area contributed by atoms with Crippen LogP contribution in [0.25, 0.3) is 0 Å². The molecule has 0 spiro atoms. The van der Waals surface area contributed by atoms with E-state index in [1.165, 1.54) is 18.2 Å². The number of rotatable bonds is 5. The molecule has 1 aliphatic heterocycles. The van der Waals surface area contributed by atoms with E-state index >= 15 is 0 Å². The molecule has 2 aliphatic rings. The Bertz CT molecular complexity index is 1270. The van der Waals surface area contributed by atoms with Crippen molar-refractivity contribution in [2.24, 2.45) is 5.73 Å². The van der Waals surface area contributed by atoms with E-state index in [0.717, 1.165) is 18.2 Å². The molecule has 0 amide bonds. The number of Topliss-reactive ketones (excluding diaryl/α,β-unsaturated/α-hetero) is 1. The fourth-order valence-corrected chi connectivity index (χ4v) is 4.09. The summed E-state index contributed by atoms with van der Waals surface area (Å²) in [5.41, 5.74) is 6.07. The van der Waals surface area contributed by atoms with Crippen molar-refractivity contribution in [3.05, 3.63) is 81.9 Å². The predicted octanol–water partition coefficient (Wildman–Crippen LogP) is 4.40. The van der Waals surface area contributed by atoms with Crippen LogP contribution in [0.5, 0.6) is 11.5 Å². The van der Waals surface area contributed by atoms with E-state index in [-0.39, 0.29) is 35.3 Å². The molecule has 2 aromatic rings. The molecule has 1 unspecified atom stereocenters. The molecule has 34 heavy (non-hydrogen) atoms. The largest absolute Gasteiger partial charge is 0.490 e. The molecule has 0 fully saturated rings. The molecular weight excluding hydrogens is 446 g/mol. The summed E-state index contributed by atoms with van der Waals surface area (Å²) in [6.45, 7) is 1.89. The fourth-order valence-electron chi connectivity index (χ4n) is 4.09. The van der Waals surface area contributed by atoms with E-state index in [1.807, 2.05) is 6.07 Å². The molecule has 0 radical (unpaired) electrons. The minimum atomic E-state index is -1.23. The molecule has 2 N–H and O–H groups in total. The highest BCUT2D eigenvalue weighted by atomic mass is 19.1. The SMILES string of the molecule is CCOc1cc(C2C(C#N)=C(N)OC3=C2C(=O)CCC3)ccc1OC(=O)c1c(F)cccc1F. The average molecular weight is 466 g/mol. The molecular formula is C25H20F2N2O5. The first kappa shape index (κ1) is 23.0. The number of halogens is 2. The molecule has 4 rings (SSSR count). The van der Waals surface area contributed by atoms with Crippen molar-refractivity contribution in [2.45, 2.75) is 32.1 Å². The zero-order valence-electron chi connectivity index (χ0n) is 18.2. The topological polar surface area (TPSA) is 112 Å². The molecule has 1 heterocycles. The first-order valence-electron chi connectivity index (χ1n) is 10.6. The molecule has 0 saturated heterocycles. The van der Waals surface area contributed by atoms with Crippen LogP contribution in [-0.2, 0) is 9.53 Å². The van der Waals surface area contributed by atoms with Crippen molar-refractivity contribution in [2.75, 3.05) is 6.61 Å². The second kappa shape index (κ2) is 9.35. The summed E-state index contributed by atoms with van der Waals surface area (Å²) in [7, 11) is 0. The number of hydrogen-bond donors (Lipinski definition) is 1. The summed E-state index contributed by atoms with van der Waals surface area (Å²) in [5, 5.41) is 9.72. The average Bonchev–Trinajstić information content (AvgIpc) is 2.79. The number of allylic oxidation sites excluding steroid dienone is 3. The fraction of sp³-hybridized carbons (Fsp3) is 0.240. The van der Waals surface area contributed by atoms with Crippen molar-refractivity contribution >= 4 is 11.8 Å². The lowest BCUT2D eigenvalue weighted by atomic mass is 9.77. The number of ketones is 1. The van der Waals surface area contributed by atoms with E-state index in [1.54, 1.807) is 6.92 Å². The van der Waals surface area contributed by atoms with Crippen LogP contribution in [0.15, 0.2) is 59.2 Å². The second-order valence-corrected chi connectivity index (χ2v) is 7.66. The zero-order valence-corrected chi connectivity index (χ0v) is 18.2. The third kappa shape index (κ3) is 4.10. The quantitative estimate of drug-likeness (QED) is 0.514. The molecule has 9 heteroatoms. The summed E-state index contributed by atoms with van der Waals surface area (Å²) < 4.78 is 44.4. The summed E-state index contributed by atoms with van der Waals surface area (Å²) >= 11 is 0. The van der Waals surface area contributed by atoms with E-state index in [4.69, 9.17) is 19.9 Å². The number of nitriles is 1. The number of hydrogen-bond acceptors (Lipinski definition) is 7. The van der Waals surface area contributed by atoms with Gasteiger partial charge in [0, 0.05) is 18.4 Å². The lowest BCUT2D eigenvalue weighted by Gasteiger charge is -2.31. The summed E-state index contributed by atoms with van der Waals surface area (Å²) in [5.74, 6) is -3.91. The molecule has 0 saturated carbocycles. The molecule has 1 aliphatic carbocycles. The van der Waals surface area contributed by atoms with Gasteiger partial charge in [-0.2, -0.15) is 5.26 Å². The number of ether oxygens (including phenoxy) is 3. The third-order valence-corrected chi connectivity index (χ3v) is 5.58. The highest BCUT2D eigenvalue weighted by molar-refractivity contribution is 5.99. The van der Waals surface area contributed by atoms with Gasteiger partial charge in [0.05, 0.1) is 12.5 Å². The standard InChI is InChI=1S/C25H20F2N2O5/c1-2-32-20-11-13(9-10-18(20)34-25(31)22-15(26)5-3-6-16(22)27)21-14(12-28)24(29)33-19-8-4-7-17(30)23(19)21/h3,5-6,9-11,21H,2,4,7-8,29H2,1H3. The van der Waals surface area contributed by atoms with E-state index in [0.29, 0.717) is 36.2 Å². The Kier molecular flexibility index (Phi) is 6.32. The Labute approximate surface area is 194 Å². The number of carbonyl (C=O) groups is 2. The predicted molar refractivity (Wildman–Crippen MR) is 115 cm³/mol. The van der Waals surface area contributed by atoms with Gasteiger partial charge >= 0.3 is 5.97 Å². The van der Waals surface area contributed by atoms with Crippen LogP contribution in [0.4, 0.5) is 8.78 Å². The van der Waals surface area contributed by atoms with E-state index in [9.17, 15) is 23.6 Å². The summed E-state index contributed by atoms with van der Waals surface area (Å²) in [6, 6.07) is 9.48. The highest BCUT2D eigenvalue weighted by Gasteiger charge is 2.38. The first-order chi connectivity index (χ1) is 16.3. The lowest BCUT2D eigenvalue weighted by molar-refractivity contribution is -0.116.